The molecule has 1 aromatic heterocycles. The fraction of sp³-hybridized carbons (Fsp3) is 0.200. The van der Waals surface area contributed by atoms with Crippen molar-refractivity contribution < 1.29 is 14.3 Å². The van der Waals surface area contributed by atoms with Crippen LogP contribution in [0.2, 0.25) is 0 Å². The lowest BCUT2D eigenvalue weighted by Crippen LogP contribution is -2.14. The summed E-state index contributed by atoms with van der Waals surface area (Å²) in [6, 6.07) is 8.74. The van der Waals surface area contributed by atoms with Gasteiger partial charge in [0.05, 0.1) is 25.7 Å². The lowest BCUT2D eigenvalue weighted by Gasteiger charge is -2.11. The lowest BCUT2D eigenvalue weighted by atomic mass is 10.2. The van der Waals surface area contributed by atoms with Crippen molar-refractivity contribution in [3.63, 3.8) is 0 Å². The summed E-state index contributed by atoms with van der Waals surface area (Å²) in [6.07, 6.45) is 1.64. The van der Waals surface area contributed by atoms with Gasteiger partial charge in [-0.15, -0.1) is 11.8 Å². The van der Waals surface area contributed by atoms with Crippen LogP contribution in [0, 0.1) is 0 Å². The maximum absolute atomic E-state index is 12.0. The quantitative estimate of drug-likeness (QED) is 0.795. The number of nitrogens with one attached hydrogen (secondary N) is 1. The van der Waals surface area contributed by atoms with Gasteiger partial charge in [-0.25, -0.2) is 4.98 Å². The highest BCUT2D eigenvalue weighted by molar-refractivity contribution is 8.00. The van der Waals surface area contributed by atoms with E-state index in [4.69, 9.17) is 15.2 Å². The standard InChI is InChI=1S/C15H17N3O3S/c1-20-10-3-5-12(13(7-10)21-2)18-15(19)9-22-11-4-6-14(16)17-8-11/h3-8H,9H2,1-2H3,(H2,16,17)(H,18,19). The predicted octanol–water partition coefficient (Wildman–Crippen LogP) is 2.41. The molecule has 0 fully saturated rings. The molecule has 0 atom stereocenters. The first-order valence-corrected chi connectivity index (χ1v) is 7.47. The Morgan fingerprint density at radius 1 is 1.27 bits per heavy atom. The van der Waals surface area contributed by atoms with Crippen LogP contribution in [-0.4, -0.2) is 30.9 Å². The average Bonchev–Trinajstić information content (AvgIpc) is 2.54. The number of nitrogen functional groups attached to an aromatic ring is 1. The van der Waals surface area contributed by atoms with E-state index in [9.17, 15) is 4.79 Å². The topological polar surface area (TPSA) is 86.5 Å². The Morgan fingerprint density at radius 2 is 2.09 bits per heavy atom. The summed E-state index contributed by atoms with van der Waals surface area (Å²) in [7, 11) is 3.11. The predicted molar refractivity (Wildman–Crippen MR) is 87.5 cm³/mol. The highest BCUT2D eigenvalue weighted by Crippen LogP contribution is 2.29. The third-order valence-corrected chi connectivity index (χ3v) is 3.79. The van der Waals surface area contributed by atoms with Gasteiger partial charge in [0, 0.05) is 17.2 Å². The Kier molecular flexibility index (Phi) is 5.48. The van der Waals surface area contributed by atoms with Crippen LogP contribution < -0.4 is 20.5 Å². The van der Waals surface area contributed by atoms with Crippen molar-refractivity contribution in [1.82, 2.24) is 4.98 Å². The van der Waals surface area contributed by atoms with E-state index in [0.29, 0.717) is 23.0 Å². The number of nitrogens with zero attached hydrogens (tertiary/aromatic N) is 1. The minimum Gasteiger partial charge on any atom is -0.497 e. The zero-order chi connectivity index (χ0) is 15.9. The van der Waals surface area contributed by atoms with Gasteiger partial charge in [0.1, 0.15) is 17.3 Å². The third kappa shape index (κ3) is 4.29. The number of methoxy groups -OCH3 is 2. The SMILES string of the molecule is COc1ccc(NC(=O)CSc2ccc(N)nc2)c(OC)c1. The summed E-state index contributed by atoms with van der Waals surface area (Å²) in [5.41, 5.74) is 6.12. The fourth-order valence-corrected chi connectivity index (χ4v) is 2.38. The molecule has 0 aliphatic rings. The average molecular weight is 319 g/mol. The van der Waals surface area contributed by atoms with E-state index in [1.165, 1.54) is 11.8 Å². The Bertz CT molecular complexity index is 647. The Morgan fingerprint density at radius 3 is 2.73 bits per heavy atom. The maximum atomic E-state index is 12.0. The van der Waals surface area contributed by atoms with Crippen LogP contribution in [0.3, 0.4) is 0 Å². The Balaban J connectivity index is 1.95. The molecular formula is C15H17N3O3S. The molecule has 116 valence electrons. The van der Waals surface area contributed by atoms with E-state index in [-0.39, 0.29) is 11.7 Å². The number of hydrogen-bond donors (Lipinski definition) is 2. The van der Waals surface area contributed by atoms with Crippen molar-refractivity contribution in [2.45, 2.75) is 4.90 Å². The summed E-state index contributed by atoms with van der Waals surface area (Å²) in [5.74, 6) is 1.80. The third-order valence-electron chi connectivity index (χ3n) is 2.81. The summed E-state index contributed by atoms with van der Waals surface area (Å²) < 4.78 is 10.4. The number of aromatic nitrogens is 1. The van der Waals surface area contributed by atoms with Gasteiger partial charge in [-0.05, 0) is 24.3 Å². The van der Waals surface area contributed by atoms with Gasteiger partial charge in [0.25, 0.3) is 0 Å². The lowest BCUT2D eigenvalue weighted by molar-refractivity contribution is -0.113. The van der Waals surface area contributed by atoms with Crippen LogP contribution in [0.4, 0.5) is 11.5 Å². The monoisotopic (exact) mass is 319 g/mol. The summed E-state index contributed by atoms with van der Waals surface area (Å²) in [5, 5.41) is 2.81. The second-order valence-corrected chi connectivity index (χ2v) is 5.37. The normalized spacial score (nSPS) is 10.1. The molecule has 0 aliphatic carbocycles. The number of amides is 1. The van der Waals surface area contributed by atoms with Gasteiger partial charge < -0.3 is 20.5 Å². The first kappa shape index (κ1) is 16.0. The van der Waals surface area contributed by atoms with E-state index in [1.54, 1.807) is 44.7 Å². The van der Waals surface area contributed by atoms with Crippen molar-refractivity contribution >= 4 is 29.2 Å². The molecule has 2 rings (SSSR count). The van der Waals surface area contributed by atoms with Crippen molar-refractivity contribution in [3.05, 3.63) is 36.5 Å². The van der Waals surface area contributed by atoms with E-state index >= 15 is 0 Å². The second kappa shape index (κ2) is 7.56. The molecule has 1 heterocycles. The van der Waals surface area contributed by atoms with E-state index in [2.05, 4.69) is 10.3 Å². The second-order valence-electron chi connectivity index (χ2n) is 4.32. The zero-order valence-electron chi connectivity index (χ0n) is 12.3. The van der Waals surface area contributed by atoms with Crippen LogP contribution in [-0.2, 0) is 4.79 Å². The zero-order valence-corrected chi connectivity index (χ0v) is 13.1. The van der Waals surface area contributed by atoms with Gasteiger partial charge >= 0.3 is 0 Å². The molecule has 0 saturated carbocycles. The van der Waals surface area contributed by atoms with Crippen LogP contribution in [0.5, 0.6) is 11.5 Å². The molecule has 1 amide bonds. The molecule has 0 bridgehead atoms. The van der Waals surface area contributed by atoms with Crippen LogP contribution in [0.25, 0.3) is 0 Å². The molecule has 0 aliphatic heterocycles. The molecule has 0 radical (unpaired) electrons. The number of anilines is 2. The molecule has 2 aromatic rings. The minimum atomic E-state index is -0.134. The van der Waals surface area contributed by atoms with Gasteiger partial charge in [-0.3, -0.25) is 4.79 Å². The summed E-state index contributed by atoms with van der Waals surface area (Å²) >= 11 is 1.38. The number of hydrogen-bond acceptors (Lipinski definition) is 6. The number of thioether (sulfide) groups is 1. The first-order valence-electron chi connectivity index (χ1n) is 6.48. The van der Waals surface area contributed by atoms with E-state index < -0.39 is 0 Å². The number of nitrogens with two attached hydrogens (primary N) is 1. The smallest absolute Gasteiger partial charge is 0.234 e. The van der Waals surface area contributed by atoms with Gasteiger partial charge in [-0.1, -0.05) is 0 Å². The molecule has 22 heavy (non-hydrogen) atoms. The van der Waals surface area contributed by atoms with Crippen molar-refractivity contribution in [2.24, 2.45) is 0 Å². The van der Waals surface area contributed by atoms with Gasteiger partial charge in [0.2, 0.25) is 5.91 Å². The van der Waals surface area contributed by atoms with Crippen molar-refractivity contribution in [3.8, 4) is 11.5 Å². The number of benzene rings is 1. The Labute approximate surface area is 133 Å². The molecule has 7 heteroatoms. The highest BCUT2D eigenvalue weighted by atomic mass is 32.2. The number of pyridine rings is 1. The fourth-order valence-electron chi connectivity index (χ4n) is 1.71. The van der Waals surface area contributed by atoms with E-state index in [1.807, 2.05) is 6.07 Å². The largest absolute Gasteiger partial charge is 0.497 e. The minimum absolute atomic E-state index is 0.134. The van der Waals surface area contributed by atoms with E-state index in [0.717, 1.165) is 4.90 Å². The molecule has 1 aromatic carbocycles. The van der Waals surface area contributed by atoms with Crippen LogP contribution in [0.15, 0.2) is 41.4 Å². The molecule has 0 unspecified atom stereocenters. The maximum Gasteiger partial charge on any atom is 0.234 e. The van der Waals surface area contributed by atoms with Crippen molar-refractivity contribution in [1.29, 1.82) is 0 Å². The van der Waals surface area contributed by atoms with Crippen LogP contribution >= 0.6 is 11.8 Å². The number of carbonyl (C=O) groups excluding carboxylic acids is 1. The first-order chi connectivity index (χ1) is 10.6. The molecular weight excluding hydrogens is 302 g/mol. The molecule has 3 N–H and O–H groups in total. The van der Waals surface area contributed by atoms with Crippen LogP contribution in [0.1, 0.15) is 0 Å². The van der Waals surface area contributed by atoms with Gasteiger partial charge in [-0.2, -0.15) is 0 Å². The molecule has 0 spiro atoms. The number of carbonyl (C=O) groups is 1. The summed E-state index contributed by atoms with van der Waals surface area (Å²) in [6.45, 7) is 0. The molecule has 6 nitrogen and oxygen atoms in total. The number of ether oxygens (including phenoxy) is 2. The Hall–Kier alpha value is -2.41. The highest BCUT2D eigenvalue weighted by Gasteiger charge is 2.09. The van der Waals surface area contributed by atoms with Gasteiger partial charge in [0.15, 0.2) is 0 Å². The number of rotatable bonds is 6. The van der Waals surface area contributed by atoms with Crippen molar-refractivity contribution in [2.75, 3.05) is 31.0 Å². The summed E-state index contributed by atoms with van der Waals surface area (Å²) in [4.78, 5) is 16.9. The molecule has 0 saturated heterocycles.